The van der Waals surface area contributed by atoms with Crippen LogP contribution in [0.5, 0.6) is 0 Å². The molecule has 0 aliphatic rings. The van der Waals surface area contributed by atoms with Gasteiger partial charge in [-0.25, -0.2) is 0 Å². The molecule has 0 spiro atoms. The van der Waals surface area contributed by atoms with Crippen LogP contribution in [0.25, 0.3) is 0 Å². The largest absolute Gasteiger partial charge is 0.399 e. The third-order valence-corrected chi connectivity index (χ3v) is 4.15. The maximum Gasteiger partial charge on any atom is 0.234 e. The predicted octanol–water partition coefficient (Wildman–Crippen LogP) is 3.62. The number of aryl methyl sites for hydroxylation is 2. The van der Waals surface area contributed by atoms with Crippen LogP contribution in [0.2, 0.25) is 0 Å². The molecule has 0 aromatic heterocycles. The van der Waals surface area contributed by atoms with E-state index in [1.54, 1.807) is 17.8 Å². The lowest BCUT2D eigenvalue weighted by molar-refractivity contribution is -0.113. The van der Waals surface area contributed by atoms with E-state index >= 15 is 0 Å². The van der Waals surface area contributed by atoms with E-state index < -0.39 is 0 Å². The molecule has 0 atom stereocenters. The normalized spacial score (nSPS) is 10.3. The van der Waals surface area contributed by atoms with Gasteiger partial charge in [-0.15, -0.1) is 11.8 Å². The van der Waals surface area contributed by atoms with Gasteiger partial charge >= 0.3 is 0 Å². The van der Waals surface area contributed by atoms with Crippen LogP contribution in [0.4, 0.5) is 11.4 Å². The highest BCUT2D eigenvalue weighted by Crippen LogP contribution is 2.23. The molecular weight excluding hydrogens is 268 g/mol. The van der Waals surface area contributed by atoms with Crippen LogP contribution in [0, 0.1) is 13.8 Å². The third-order valence-electron chi connectivity index (χ3n) is 2.98. The van der Waals surface area contributed by atoms with E-state index in [0.717, 1.165) is 16.1 Å². The van der Waals surface area contributed by atoms with E-state index in [1.165, 1.54) is 5.56 Å². The van der Waals surface area contributed by atoms with Crippen LogP contribution in [-0.4, -0.2) is 11.7 Å². The Morgan fingerprint density at radius 1 is 1.15 bits per heavy atom. The van der Waals surface area contributed by atoms with Gasteiger partial charge < -0.3 is 11.1 Å². The molecule has 104 valence electrons. The fourth-order valence-electron chi connectivity index (χ4n) is 1.88. The number of hydrogen-bond donors (Lipinski definition) is 2. The predicted molar refractivity (Wildman–Crippen MR) is 86.1 cm³/mol. The standard InChI is InChI=1S/C16H18N2OS/c1-11-5-3-4-6-15(11)20-10-16(19)18-14-8-7-13(17)9-12(14)2/h3-9H,10,17H2,1-2H3,(H,18,19). The van der Waals surface area contributed by atoms with E-state index in [0.29, 0.717) is 11.4 Å². The topological polar surface area (TPSA) is 55.1 Å². The second kappa shape index (κ2) is 6.48. The average molecular weight is 286 g/mol. The Bertz CT molecular complexity index is 626. The molecule has 3 nitrogen and oxygen atoms in total. The van der Waals surface area contributed by atoms with Gasteiger partial charge in [0.25, 0.3) is 0 Å². The summed E-state index contributed by atoms with van der Waals surface area (Å²) in [7, 11) is 0. The van der Waals surface area contributed by atoms with Crippen molar-refractivity contribution in [1.82, 2.24) is 0 Å². The number of nitrogens with one attached hydrogen (secondary N) is 1. The molecule has 2 aromatic rings. The van der Waals surface area contributed by atoms with Gasteiger partial charge in [0.2, 0.25) is 5.91 Å². The van der Waals surface area contributed by atoms with E-state index in [2.05, 4.69) is 5.32 Å². The zero-order chi connectivity index (χ0) is 14.5. The summed E-state index contributed by atoms with van der Waals surface area (Å²) in [5.74, 6) is 0.389. The first-order valence-corrected chi connectivity index (χ1v) is 7.39. The lowest BCUT2D eigenvalue weighted by atomic mass is 10.2. The maximum atomic E-state index is 12.0. The number of anilines is 2. The van der Waals surface area contributed by atoms with E-state index in [-0.39, 0.29) is 5.91 Å². The number of nitrogens with two attached hydrogens (primary N) is 1. The van der Waals surface area contributed by atoms with E-state index in [4.69, 9.17) is 5.73 Å². The lowest BCUT2D eigenvalue weighted by Crippen LogP contribution is -2.15. The van der Waals surface area contributed by atoms with Crippen LogP contribution < -0.4 is 11.1 Å². The molecule has 0 heterocycles. The molecule has 0 unspecified atom stereocenters. The molecule has 20 heavy (non-hydrogen) atoms. The molecule has 2 rings (SSSR count). The van der Waals surface area contributed by atoms with Crippen LogP contribution >= 0.6 is 11.8 Å². The highest BCUT2D eigenvalue weighted by atomic mass is 32.2. The fourth-order valence-corrected chi connectivity index (χ4v) is 2.70. The first kappa shape index (κ1) is 14.5. The summed E-state index contributed by atoms with van der Waals surface area (Å²) < 4.78 is 0. The summed E-state index contributed by atoms with van der Waals surface area (Å²) in [5, 5.41) is 2.91. The van der Waals surface area contributed by atoms with Crippen LogP contribution in [-0.2, 0) is 4.79 Å². The van der Waals surface area contributed by atoms with E-state index in [1.807, 2.05) is 50.2 Å². The summed E-state index contributed by atoms with van der Waals surface area (Å²) in [6.07, 6.45) is 0. The quantitative estimate of drug-likeness (QED) is 0.667. The van der Waals surface area contributed by atoms with Gasteiger partial charge in [-0.1, -0.05) is 18.2 Å². The van der Waals surface area contributed by atoms with Crippen molar-refractivity contribution in [1.29, 1.82) is 0 Å². The number of hydrogen-bond acceptors (Lipinski definition) is 3. The number of nitrogen functional groups attached to an aromatic ring is 1. The molecule has 4 heteroatoms. The Kier molecular flexibility index (Phi) is 4.69. The molecule has 3 N–H and O–H groups in total. The highest BCUT2D eigenvalue weighted by Gasteiger charge is 2.07. The molecule has 0 bridgehead atoms. The van der Waals surface area contributed by atoms with Gasteiger partial charge in [0.15, 0.2) is 0 Å². The van der Waals surface area contributed by atoms with Crippen molar-refractivity contribution in [3.8, 4) is 0 Å². The summed E-state index contributed by atoms with van der Waals surface area (Å²) in [5.41, 5.74) is 9.37. The van der Waals surface area contributed by atoms with Crippen molar-refractivity contribution in [2.75, 3.05) is 16.8 Å². The smallest absolute Gasteiger partial charge is 0.234 e. The minimum absolute atomic E-state index is 0.00822. The number of carbonyl (C=O) groups is 1. The number of amides is 1. The summed E-state index contributed by atoms with van der Waals surface area (Å²) in [6, 6.07) is 13.5. The van der Waals surface area contributed by atoms with Gasteiger partial charge in [0, 0.05) is 16.3 Å². The van der Waals surface area contributed by atoms with Crippen LogP contribution in [0.15, 0.2) is 47.4 Å². The molecule has 0 aliphatic heterocycles. The number of thioether (sulfide) groups is 1. The zero-order valence-corrected chi connectivity index (χ0v) is 12.5. The van der Waals surface area contributed by atoms with Gasteiger partial charge in [-0.2, -0.15) is 0 Å². The molecule has 0 saturated carbocycles. The Balaban J connectivity index is 1.94. The Morgan fingerprint density at radius 3 is 2.60 bits per heavy atom. The maximum absolute atomic E-state index is 12.0. The molecule has 0 fully saturated rings. The Morgan fingerprint density at radius 2 is 1.90 bits per heavy atom. The second-order valence-electron chi connectivity index (χ2n) is 4.68. The van der Waals surface area contributed by atoms with Gasteiger partial charge in [0.1, 0.15) is 0 Å². The van der Waals surface area contributed by atoms with Crippen molar-refractivity contribution in [3.63, 3.8) is 0 Å². The van der Waals surface area contributed by atoms with Gasteiger partial charge in [-0.05, 0) is 49.2 Å². The zero-order valence-electron chi connectivity index (χ0n) is 11.6. The van der Waals surface area contributed by atoms with Crippen molar-refractivity contribution >= 4 is 29.0 Å². The minimum atomic E-state index is -0.00822. The number of carbonyl (C=O) groups excluding carboxylic acids is 1. The summed E-state index contributed by atoms with van der Waals surface area (Å²) in [4.78, 5) is 13.1. The summed E-state index contributed by atoms with van der Waals surface area (Å²) in [6.45, 7) is 3.98. The minimum Gasteiger partial charge on any atom is -0.399 e. The van der Waals surface area contributed by atoms with Gasteiger partial charge in [0.05, 0.1) is 5.75 Å². The second-order valence-corrected chi connectivity index (χ2v) is 5.69. The molecule has 0 saturated heterocycles. The van der Waals surface area contributed by atoms with E-state index in [9.17, 15) is 4.79 Å². The molecular formula is C16H18N2OS. The first-order valence-electron chi connectivity index (χ1n) is 6.40. The first-order chi connectivity index (χ1) is 9.56. The number of rotatable bonds is 4. The Labute approximate surface area is 123 Å². The average Bonchev–Trinajstić information content (AvgIpc) is 2.41. The van der Waals surface area contributed by atoms with Crippen molar-refractivity contribution in [3.05, 3.63) is 53.6 Å². The lowest BCUT2D eigenvalue weighted by Gasteiger charge is -2.09. The molecule has 1 amide bonds. The Hall–Kier alpha value is -1.94. The van der Waals surface area contributed by atoms with Crippen molar-refractivity contribution < 1.29 is 4.79 Å². The highest BCUT2D eigenvalue weighted by molar-refractivity contribution is 8.00. The molecule has 0 radical (unpaired) electrons. The molecule has 0 aliphatic carbocycles. The third kappa shape index (κ3) is 3.78. The number of benzene rings is 2. The SMILES string of the molecule is Cc1cc(N)ccc1NC(=O)CSc1ccccc1C. The summed E-state index contributed by atoms with van der Waals surface area (Å²) >= 11 is 1.55. The van der Waals surface area contributed by atoms with Crippen molar-refractivity contribution in [2.24, 2.45) is 0 Å². The van der Waals surface area contributed by atoms with Crippen LogP contribution in [0.1, 0.15) is 11.1 Å². The molecule has 2 aromatic carbocycles. The van der Waals surface area contributed by atoms with Crippen LogP contribution in [0.3, 0.4) is 0 Å². The van der Waals surface area contributed by atoms with Gasteiger partial charge in [-0.3, -0.25) is 4.79 Å². The monoisotopic (exact) mass is 286 g/mol. The fraction of sp³-hybridized carbons (Fsp3) is 0.188. The van der Waals surface area contributed by atoms with Crippen molar-refractivity contribution in [2.45, 2.75) is 18.7 Å².